The highest BCUT2D eigenvalue weighted by Gasteiger charge is 2.71. The molecule has 8 nitrogen and oxygen atoms in total. The standard InChI is InChI=1S/C31H38O8/c1-17-14-23-22(29(23,5)6)12-13-30(16-36-30)27(37-19(3)32)24-25(38-28(35)21-10-8-7-9-11-21)18(2)15-31(24,26(17)34)39-20(4)33/h7-11,14,18,22-25,27H,12-13,15-16H2,1-6H3/b17-14+/t18-,22-,23+,24+,25-,27+,30-,31+/m0/s1. The molecule has 5 rings (SSSR count). The molecule has 39 heavy (non-hydrogen) atoms. The molecule has 4 aliphatic rings. The van der Waals surface area contributed by atoms with Gasteiger partial charge in [0.25, 0.3) is 0 Å². The summed E-state index contributed by atoms with van der Waals surface area (Å²) in [6.45, 7) is 10.9. The van der Waals surface area contributed by atoms with Crippen LogP contribution in [0.15, 0.2) is 42.0 Å². The summed E-state index contributed by atoms with van der Waals surface area (Å²) in [5.74, 6) is -2.86. The first-order valence-corrected chi connectivity index (χ1v) is 13.8. The highest BCUT2D eigenvalue weighted by atomic mass is 16.6. The van der Waals surface area contributed by atoms with Crippen molar-refractivity contribution in [2.45, 2.75) is 84.2 Å². The van der Waals surface area contributed by atoms with E-state index in [9.17, 15) is 19.2 Å². The number of rotatable bonds is 4. The van der Waals surface area contributed by atoms with Crippen LogP contribution in [0.3, 0.4) is 0 Å². The van der Waals surface area contributed by atoms with Crippen molar-refractivity contribution in [3.8, 4) is 0 Å². The Hall–Kier alpha value is -3.00. The number of esters is 3. The Labute approximate surface area is 229 Å². The third-order valence-corrected chi connectivity index (χ3v) is 9.50. The molecule has 1 heterocycles. The Morgan fingerprint density at radius 1 is 1.03 bits per heavy atom. The number of ketones is 1. The van der Waals surface area contributed by atoms with Crippen LogP contribution in [-0.4, -0.2) is 53.7 Å². The molecule has 2 saturated carbocycles. The molecule has 0 amide bonds. The smallest absolute Gasteiger partial charge is 0.338 e. The minimum Gasteiger partial charge on any atom is -0.459 e. The summed E-state index contributed by atoms with van der Waals surface area (Å²) in [5.41, 5.74) is -1.68. The molecule has 0 N–H and O–H groups in total. The van der Waals surface area contributed by atoms with E-state index in [0.29, 0.717) is 30.1 Å². The maximum Gasteiger partial charge on any atom is 0.338 e. The minimum atomic E-state index is -1.69. The molecule has 8 atom stereocenters. The molecule has 3 fully saturated rings. The van der Waals surface area contributed by atoms with E-state index in [1.807, 2.05) is 13.0 Å². The summed E-state index contributed by atoms with van der Waals surface area (Å²) in [6, 6.07) is 8.59. The molecule has 1 spiro atoms. The number of ether oxygens (including phenoxy) is 4. The van der Waals surface area contributed by atoms with Crippen molar-refractivity contribution >= 4 is 23.7 Å². The average Bonchev–Trinajstić information content (AvgIpc) is 3.73. The predicted molar refractivity (Wildman–Crippen MR) is 140 cm³/mol. The Balaban J connectivity index is 1.66. The van der Waals surface area contributed by atoms with E-state index in [1.54, 1.807) is 37.3 Å². The molecule has 1 aromatic carbocycles. The maximum atomic E-state index is 14.4. The quantitative estimate of drug-likeness (QED) is 0.314. The van der Waals surface area contributed by atoms with Gasteiger partial charge in [-0.25, -0.2) is 4.79 Å². The molecule has 1 aliphatic heterocycles. The molecular formula is C31H38O8. The van der Waals surface area contributed by atoms with Gasteiger partial charge in [0.1, 0.15) is 17.8 Å². The molecule has 0 unspecified atom stereocenters. The van der Waals surface area contributed by atoms with Gasteiger partial charge in [0.2, 0.25) is 5.78 Å². The lowest BCUT2D eigenvalue weighted by molar-refractivity contribution is -0.186. The second-order valence-corrected chi connectivity index (χ2v) is 12.5. The van der Waals surface area contributed by atoms with E-state index >= 15 is 0 Å². The van der Waals surface area contributed by atoms with E-state index in [4.69, 9.17) is 18.9 Å². The van der Waals surface area contributed by atoms with Crippen LogP contribution in [0.5, 0.6) is 0 Å². The molecule has 0 aromatic heterocycles. The minimum absolute atomic E-state index is 0.0124. The summed E-state index contributed by atoms with van der Waals surface area (Å²) in [7, 11) is 0. The first-order valence-electron chi connectivity index (χ1n) is 13.8. The van der Waals surface area contributed by atoms with Crippen molar-refractivity contribution in [2.75, 3.05) is 6.61 Å². The summed E-state index contributed by atoms with van der Waals surface area (Å²) >= 11 is 0. The van der Waals surface area contributed by atoms with Gasteiger partial charge in [-0.2, -0.15) is 0 Å². The molecule has 3 aliphatic carbocycles. The number of carbonyl (C=O) groups is 4. The van der Waals surface area contributed by atoms with Gasteiger partial charge in [0.05, 0.1) is 18.1 Å². The zero-order valence-electron chi connectivity index (χ0n) is 23.5. The van der Waals surface area contributed by atoms with Gasteiger partial charge in [0, 0.05) is 20.3 Å². The van der Waals surface area contributed by atoms with Crippen molar-refractivity contribution in [3.63, 3.8) is 0 Å². The van der Waals surface area contributed by atoms with E-state index in [2.05, 4.69) is 13.8 Å². The van der Waals surface area contributed by atoms with Crippen LogP contribution in [-0.2, 0) is 33.3 Å². The van der Waals surface area contributed by atoms with Gasteiger partial charge in [-0.05, 0) is 60.6 Å². The van der Waals surface area contributed by atoms with Crippen LogP contribution in [0.4, 0.5) is 0 Å². The van der Waals surface area contributed by atoms with E-state index in [1.165, 1.54) is 13.8 Å². The molecular weight excluding hydrogens is 500 g/mol. The number of Topliss-reactive ketones (excluding diaryl/α,β-unsaturated/α-hetero) is 1. The lowest BCUT2D eigenvalue weighted by atomic mass is 9.74. The Kier molecular flexibility index (Phi) is 6.77. The first-order chi connectivity index (χ1) is 18.3. The highest BCUT2D eigenvalue weighted by Crippen LogP contribution is 2.64. The number of hydrogen-bond donors (Lipinski definition) is 0. The number of allylic oxidation sites excluding steroid dienone is 1. The van der Waals surface area contributed by atoms with Crippen molar-refractivity contribution in [1.82, 2.24) is 0 Å². The van der Waals surface area contributed by atoms with Gasteiger partial charge in [-0.3, -0.25) is 14.4 Å². The van der Waals surface area contributed by atoms with Crippen LogP contribution < -0.4 is 0 Å². The van der Waals surface area contributed by atoms with Gasteiger partial charge < -0.3 is 18.9 Å². The monoisotopic (exact) mass is 538 g/mol. The Morgan fingerprint density at radius 3 is 2.28 bits per heavy atom. The summed E-state index contributed by atoms with van der Waals surface area (Å²) < 4.78 is 24.2. The second-order valence-electron chi connectivity index (χ2n) is 12.5. The van der Waals surface area contributed by atoms with Crippen LogP contribution in [0.2, 0.25) is 0 Å². The van der Waals surface area contributed by atoms with Crippen LogP contribution in [0.25, 0.3) is 0 Å². The molecule has 210 valence electrons. The topological polar surface area (TPSA) is 108 Å². The number of fused-ring (bicyclic) bond motifs is 2. The molecule has 0 bridgehead atoms. The third kappa shape index (κ3) is 4.71. The fraction of sp³-hybridized carbons (Fsp3) is 0.613. The van der Waals surface area contributed by atoms with Gasteiger partial charge in [-0.1, -0.05) is 45.0 Å². The van der Waals surface area contributed by atoms with Gasteiger partial charge in [0.15, 0.2) is 5.60 Å². The fourth-order valence-corrected chi connectivity index (χ4v) is 7.36. The zero-order chi connectivity index (χ0) is 28.3. The Morgan fingerprint density at radius 2 is 1.69 bits per heavy atom. The van der Waals surface area contributed by atoms with Crippen LogP contribution in [0.1, 0.15) is 71.2 Å². The number of benzene rings is 1. The normalized spacial score (nSPS) is 39.7. The summed E-state index contributed by atoms with van der Waals surface area (Å²) in [6.07, 6.45) is 1.74. The SMILES string of the molecule is CC(=O)O[C@@H]1[C@H]2[C@@H](OC(=O)c3ccccc3)[C@@H](C)C[C@]2(OC(C)=O)C(=O)/C(C)=C/[C@@H]2[C@H](CC[C@]13CO3)C2(C)C. The van der Waals surface area contributed by atoms with Crippen molar-refractivity contribution in [1.29, 1.82) is 0 Å². The first kappa shape index (κ1) is 27.6. The molecule has 1 saturated heterocycles. The third-order valence-electron chi connectivity index (χ3n) is 9.50. The second kappa shape index (κ2) is 9.58. The van der Waals surface area contributed by atoms with E-state index < -0.39 is 47.2 Å². The molecule has 0 radical (unpaired) electrons. The van der Waals surface area contributed by atoms with Crippen LogP contribution in [0, 0.1) is 29.1 Å². The van der Waals surface area contributed by atoms with Crippen LogP contribution >= 0.6 is 0 Å². The largest absolute Gasteiger partial charge is 0.459 e. The van der Waals surface area contributed by atoms with Crippen molar-refractivity contribution in [3.05, 3.63) is 47.5 Å². The molecule has 1 aromatic rings. The number of hydrogen-bond acceptors (Lipinski definition) is 8. The predicted octanol–water partition coefficient (Wildman–Crippen LogP) is 4.45. The molecule has 8 heteroatoms. The highest BCUT2D eigenvalue weighted by molar-refractivity contribution is 6.03. The summed E-state index contributed by atoms with van der Waals surface area (Å²) in [4.78, 5) is 52.9. The van der Waals surface area contributed by atoms with Crippen molar-refractivity contribution in [2.24, 2.45) is 29.1 Å². The lowest BCUT2D eigenvalue weighted by Gasteiger charge is -2.41. The maximum absolute atomic E-state index is 14.4. The number of carbonyl (C=O) groups excluding carboxylic acids is 4. The fourth-order valence-electron chi connectivity index (χ4n) is 7.36. The van der Waals surface area contributed by atoms with E-state index in [-0.39, 0.29) is 29.5 Å². The van der Waals surface area contributed by atoms with Crippen molar-refractivity contribution < 1.29 is 38.1 Å². The number of epoxide rings is 1. The van der Waals surface area contributed by atoms with E-state index in [0.717, 1.165) is 6.42 Å². The summed E-state index contributed by atoms with van der Waals surface area (Å²) in [5, 5.41) is 0. The van der Waals surface area contributed by atoms with Gasteiger partial charge in [-0.15, -0.1) is 0 Å². The Bertz CT molecular complexity index is 1210. The average molecular weight is 539 g/mol. The van der Waals surface area contributed by atoms with Gasteiger partial charge >= 0.3 is 17.9 Å². The lowest BCUT2D eigenvalue weighted by Crippen LogP contribution is -2.58. The zero-order valence-corrected chi connectivity index (χ0v) is 23.5.